The highest BCUT2D eigenvalue weighted by Gasteiger charge is 2.45. The summed E-state index contributed by atoms with van der Waals surface area (Å²) in [5.41, 5.74) is 1.58. The SMILES string of the molecule is Cc1ccc(-c2ccccn2)c(C(=O)N2CC3CC[C@H]2[C@H](Oc2ccc(C(F)(F)F)cn2)C3)n1. The molecule has 6 rings (SSSR count). The van der Waals surface area contributed by atoms with Crippen LogP contribution in [0.15, 0.2) is 54.9 Å². The van der Waals surface area contributed by atoms with E-state index in [1.54, 1.807) is 11.1 Å². The van der Waals surface area contributed by atoms with Gasteiger partial charge in [-0.05, 0) is 62.4 Å². The van der Waals surface area contributed by atoms with Crippen molar-refractivity contribution in [1.29, 1.82) is 0 Å². The van der Waals surface area contributed by atoms with Crippen molar-refractivity contribution in [2.75, 3.05) is 6.54 Å². The highest BCUT2D eigenvalue weighted by molar-refractivity contribution is 5.99. The molecule has 0 aromatic carbocycles. The fourth-order valence-electron chi connectivity index (χ4n) is 4.85. The van der Waals surface area contributed by atoms with Crippen molar-refractivity contribution in [2.45, 2.75) is 44.5 Å². The van der Waals surface area contributed by atoms with Crippen LogP contribution in [-0.4, -0.2) is 44.4 Å². The lowest BCUT2D eigenvalue weighted by Crippen LogP contribution is -2.59. The number of aryl methyl sites for hydroxylation is 1. The summed E-state index contributed by atoms with van der Waals surface area (Å²) in [7, 11) is 0. The molecule has 3 fully saturated rings. The van der Waals surface area contributed by atoms with E-state index >= 15 is 0 Å². The number of carbonyl (C=O) groups excluding carboxylic acids is 1. The molecule has 3 aromatic rings. The van der Waals surface area contributed by atoms with Gasteiger partial charge in [0.1, 0.15) is 11.8 Å². The van der Waals surface area contributed by atoms with Gasteiger partial charge in [-0.2, -0.15) is 13.2 Å². The lowest BCUT2D eigenvalue weighted by molar-refractivity contribution is -0.137. The molecular formula is C25H23F3N4O2. The summed E-state index contributed by atoms with van der Waals surface area (Å²) < 4.78 is 44.6. The molecule has 1 unspecified atom stereocenters. The zero-order valence-electron chi connectivity index (χ0n) is 18.5. The topological polar surface area (TPSA) is 68.2 Å². The zero-order valence-corrected chi connectivity index (χ0v) is 18.5. The molecule has 6 nitrogen and oxygen atoms in total. The van der Waals surface area contributed by atoms with Crippen LogP contribution in [-0.2, 0) is 6.18 Å². The van der Waals surface area contributed by atoms with E-state index in [4.69, 9.17) is 4.74 Å². The van der Waals surface area contributed by atoms with Gasteiger partial charge in [-0.3, -0.25) is 9.78 Å². The molecular weight excluding hydrogens is 445 g/mol. The minimum Gasteiger partial charge on any atom is -0.472 e. The van der Waals surface area contributed by atoms with Gasteiger partial charge in [0.2, 0.25) is 5.88 Å². The first-order chi connectivity index (χ1) is 16.3. The van der Waals surface area contributed by atoms with E-state index in [1.165, 1.54) is 6.07 Å². The van der Waals surface area contributed by atoms with E-state index in [9.17, 15) is 18.0 Å². The van der Waals surface area contributed by atoms with Crippen LogP contribution in [0, 0.1) is 12.8 Å². The Hall–Kier alpha value is -3.49. The summed E-state index contributed by atoms with van der Waals surface area (Å²) in [5, 5.41) is 0. The first kappa shape index (κ1) is 22.3. The van der Waals surface area contributed by atoms with Gasteiger partial charge in [0.15, 0.2) is 0 Å². The Labute approximate surface area is 194 Å². The molecule has 0 radical (unpaired) electrons. The highest BCUT2D eigenvalue weighted by atomic mass is 19.4. The number of hydrogen-bond acceptors (Lipinski definition) is 5. The highest BCUT2D eigenvalue weighted by Crippen LogP contribution is 2.39. The van der Waals surface area contributed by atoms with Gasteiger partial charge >= 0.3 is 6.18 Å². The second kappa shape index (κ2) is 8.70. The molecule has 9 heteroatoms. The molecule has 1 saturated carbocycles. The minimum atomic E-state index is -4.45. The first-order valence-corrected chi connectivity index (χ1v) is 11.2. The predicted molar refractivity (Wildman–Crippen MR) is 118 cm³/mol. The van der Waals surface area contributed by atoms with Crippen LogP contribution in [0.2, 0.25) is 0 Å². The van der Waals surface area contributed by atoms with Crippen LogP contribution in [0.5, 0.6) is 5.88 Å². The lowest BCUT2D eigenvalue weighted by Gasteiger charge is -2.49. The lowest BCUT2D eigenvalue weighted by atomic mass is 9.77. The number of ether oxygens (including phenoxy) is 1. The smallest absolute Gasteiger partial charge is 0.417 e. The van der Waals surface area contributed by atoms with E-state index in [0.29, 0.717) is 23.5 Å². The van der Waals surface area contributed by atoms with Crippen molar-refractivity contribution in [1.82, 2.24) is 19.9 Å². The third kappa shape index (κ3) is 4.34. The number of fused-ring (bicyclic) bond motifs is 3. The molecule has 3 aliphatic rings. The van der Waals surface area contributed by atoms with Gasteiger partial charge < -0.3 is 9.64 Å². The first-order valence-electron chi connectivity index (χ1n) is 11.2. The van der Waals surface area contributed by atoms with Crippen LogP contribution >= 0.6 is 0 Å². The number of alkyl halides is 3. The zero-order chi connectivity index (χ0) is 23.9. The largest absolute Gasteiger partial charge is 0.472 e. The molecule has 1 aliphatic carbocycles. The van der Waals surface area contributed by atoms with Crippen molar-refractivity contribution in [2.24, 2.45) is 5.92 Å². The Morgan fingerprint density at radius 2 is 1.94 bits per heavy atom. The van der Waals surface area contributed by atoms with Crippen LogP contribution in [0.1, 0.15) is 41.0 Å². The molecule has 3 atom stereocenters. The van der Waals surface area contributed by atoms with E-state index in [-0.39, 0.29) is 29.9 Å². The van der Waals surface area contributed by atoms with E-state index in [0.717, 1.165) is 37.2 Å². The van der Waals surface area contributed by atoms with Crippen LogP contribution in [0.4, 0.5) is 13.2 Å². The number of amides is 1. The number of pyridine rings is 3. The van der Waals surface area contributed by atoms with Gasteiger partial charge in [0.05, 0.1) is 17.3 Å². The van der Waals surface area contributed by atoms with Crippen LogP contribution in [0.3, 0.4) is 0 Å². The Balaban J connectivity index is 1.40. The predicted octanol–water partition coefficient (Wildman–Crippen LogP) is 4.94. The number of nitrogens with zero attached hydrogens (tertiary/aromatic N) is 4. The van der Waals surface area contributed by atoms with Crippen LogP contribution < -0.4 is 4.74 Å². The summed E-state index contributed by atoms with van der Waals surface area (Å²) in [6, 6.07) is 11.2. The van der Waals surface area contributed by atoms with Gasteiger partial charge in [-0.25, -0.2) is 9.97 Å². The van der Waals surface area contributed by atoms with Crippen molar-refractivity contribution < 1.29 is 22.7 Å². The summed E-state index contributed by atoms with van der Waals surface area (Å²) in [5.74, 6) is 0.185. The number of aromatic nitrogens is 3. The molecule has 0 N–H and O–H groups in total. The molecule has 2 bridgehead atoms. The second-order valence-corrected chi connectivity index (χ2v) is 8.81. The Kier molecular flexibility index (Phi) is 5.71. The summed E-state index contributed by atoms with van der Waals surface area (Å²) in [4.78, 5) is 28.3. The minimum absolute atomic E-state index is 0.126. The quantitative estimate of drug-likeness (QED) is 0.543. The van der Waals surface area contributed by atoms with Crippen molar-refractivity contribution in [3.63, 3.8) is 0 Å². The molecule has 0 spiro atoms. The number of piperidine rings is 2. The molecule has 2 saturated heterocycles. The normalized spacial score (nSPS) is 22.0. The van der Waals surface area contributed by atoms with Crippen LogP contribution in [0.25, 0.3) is 11.3 Å². The Morgan fingerprint density at radius 3 is 2.62 bits per heavy atom. The number of halogens is 3. The van der Waals surface area contributed by atoms with Gasteiger partial charge in [-0.1, -0.05) is 6.07 Å². The molecule has 3 aromatic heterocycles. The monoisotopic (exact) mass is 468 g/mol. The number of hydrogen-bond donors (Lipinski definition) is 0. The van der Waals surface area contributed by atoms with E-state index in [2.05, 4.69) is 15.0 Å². The average molecular weight is 468 g/mol. The standard InChI is InChI=1S/C25H23F3N4O2/c1-15-5-8-18(19-4-2-3-11-29-19)23(31-15)24(33)32-14-16-6-9-20(32)21(12-16)34-22-10-7-17(13-30-22)25(26,27)28/h2-5,7-8,10-11,13,16,20-21H,6,9,12,14H2,1H3/t16?,20-,21+/m0/s1. The maximum Gasteiger partial charge on any atom is 0.417 e. The Morgan fingerprint density at radius 1 is 1.09 bits per heavy atom. The second-order valence-electron chi connectivity index (χ2n) is 8.81. The molecule has 2 aliphatic heterocycles. The van der Waals surface area contributed by atoms with E-state index < -0.39 is 11.7 Å². The van der Waals surface area contributed by atoms with Gasteiger partial charge in [-0.15, -0.1) is 0 Å². The maximum absolute atomic E-state index is 13.7. The van der Waals surface area contributed by atoms with Crippen molar-refractivity contribution >= 4 is 5.91 Å². The van der Waals surface area contributed by atoms with Crippen molar-refractivity contribution in [3.05, 3.63) is 71.8 Å². The summed E-state index contributed by atoms with van der Waals surface area (Å²) >= 11 is 0. The Bertz CT molecular complexity index is 1190. The molecule has 34 heavy (non-hydrogen) atoms. The van der Waals surface area contributed by atoms with Gasteiger partial charge in [0, 0.05) is 36.3 Å². The van der Waals surface area contributed by atoms with E-state index in [1.807, 2.05) is 37.3 Å². The molecule has 176 valence electrons. The fraction of sp³-hybridized carbons (Fsp3) is 0.360. The maximum atomic E-state index is 13.7. The summed E-state index contributed by atoms with van der Waals surface area (Å²) in [6.45, 7) is 2.44. The van der Waals surface area contributed by atoms with Crippen molar-refractivity contribution in [3.8, 4) is 17.1 Å². The number of carbonyl (C=O) groups is 1. The number of rotatable bonds is 4. The molecule has 1 amide bonds. The fourth-order valence-corrected chi connectivity index (χ4v) is 4.85. The third-order valence-electron chi connectivity index (χ3n) is 6.50. The average Bonchev–Trinajstić information content (AvgIpc) is 2.84. The summed E-state index contributed by atoms with van der Waals surface area (Å²) in [6.07, 6.45) is 0.109. The van der Waals surface area contributed by atoms with Gasteiger partial charge in [0.25, 0.3) is 5.91 Å². The molecule has 5 heterocycles. The third-order valence-corrected chi connectivity index (χ3v) is 6.50.